The summed E-state index contributed by atoms with van der Waals surface area (Å²) in [6.45, 7) is 12.4. The van der Waals surface area contributed by atoms with Crippen LogP contribution < -0.4 is 0 Å². The summed E-state index contributed by atoms with van der Waals surface area (Å²) in [5.41, 5.74) is 1.37. The van der Waals surface area contributed by atoms with Crippen molar-refractivity contribution in [1.82, 2.24) is 4.90 Å². The Kier molecular flexibility index (Phi) is 18.8. The first-order valence-electron chi connectivity index (χ1n) is 11.3. The number of benzene rings is 1. The molecule has 0 amide bonds. The van der Waals surface area contributed by atoms with Crippen molar-refractivity contribution < 1.29 is 23.8 Å². The predicted octanol–water partition coefficient (Wildman–Crippen LogP) is 5.37. The monoisotopic (exact) mass is 453 g/mol. The molecule has 0 aliphatic rings. The number of hydrogen-bond donors (Lipinski definition) is 0. The van der Waals surface area contributed by atoms with E-state index in [9.17, 15) is 9.59 Å². The topological polar surface area (TPSA) is 65.1 Å². The molecule has 0 fully saturated rings. The van der Waals surface area contributed by atoms with E-state index in [-0.39, 0.29) is 24.0 Å². The Bertz CT molecular complexity index is 603. The standard InChI is InChI=1S/C10H15N.C8H16O3.C8H16O2/c1-9(11(2)3)10-7-5-4-6-8-10;1-6(7(2)10-3)5-8(9)11-4;1-6(2)7(3)5-8(9)10-4/h4-9H,1-3H3;6-7H,5H2,1-4H3;6-7H,5H2,1-4H3/t9-;6-,7?;7-/m011/s1. The summed E-state index contributed by atoms with van der Waals surface area (Å²) in [4.78, 5) is 23.7. The SMILES string of the molecule is COC(=O)C[C@@H](C)C(C)C.COC(=O)C[C@@H](C)C(C)OC.C[C@@H](c1ccccc1)N(C)C. The van der Waals surface area contributed by atoms with E-state index in [1.807, 2.05) is 19.9 Å². The number of esters is 2. The van der Waals surface area contributed by atoms with Crippen LogP contribution in [0.3, 0.4) is 0 Å². The fourth-order valence-corrected chi connectivity index (χ4v) is 2.36. The van der Waals surface area contributed by atoms with Crippen molar-refractivity contribution in [3.8, 4) is 0 Å². The summed E-state index contributed by atoms with van der Waals surface area (Å²) in [6, 6.07) is 11.0. The van der Waals surface area contributed by atoms with Gasteiger partial charge < -0.3 is 19.1 Å². The van der Waals surface area contributed by atoms with Gasteiger partial charge in [-0.25, -0.2) is 0 Å². The van der Waals surface area contributed by atoms with E-state index in [0.29, 0.717) is 30.7 Å². The van der Waals surface area contributed by atoms with Crippen LogP contribution in [-0.4, -0.2) is 58.4 Å². The molecule has 186 valence electrons. The molecular formula is C26H47NO5. The summed E-state index contributed by atoms with van der Waals surface area (Å²) in [5.74, 6) is 0.904. The van der Waals surface area contributed by atoms with Crippen molar-refractivity contribution in [2.24, 2.45) is 17.8 Å². The van der Waals surface area contributed by atoms with Crippen LogP contribution in [0.15, 0.2) is 30.3 Å². The largest absolute Gasteiger partial charge is 0.469 e. The molecule has 6 heteroatoms. The van der Waals surface area contributed by atoms with Gasteiger partial charge in [-0.2, -0.15) is 0 Å². The Labute approximate surface area is 196 Å². The highest BCUT2D eigenvalue weighted by molar-refractivity contribution is 5.69. The second-order valence-electron chi connectivity index (χ2n) is 8.75. The molecule has 0 radical (unpaired) electrons. The quantitative estimate of drug-likeness (QED) is 0.468. The molecule has 1 rings (SSSR count). The summed E-state index contributed by atoms with van der Waals surface area (Å²) < 4.78 is 14.1. The maximum absolute atomic E-state index is 10.8. The van der Waals surface area contributed by atoms with E-state index >= 15 is 0 Å². The molecule has 0 aromatic heterocycles. The molecule has 0 saturated heterocycles. The number of methoxy groups -OCH3 is 3. The second kappa shape index (κ2) is 18.6. The first-order valence-corrected chi connectivity index (χ1v) is 11.3. The average Bonchev–Trinajstić information content (AvgIpc) is 2.78. The van der Waals surface area contributed by atoms with Crippen molar-refractivity contribution >= 4 is 11.9 Å². The molecule has 0 bridgehead atoms. The zero-order valence-electron chi connectivity index (χ0n) is 22.2. The third-order valence-corrected chi connectivity index (χ3v) is 5.80. The molecule has 6 nitrogen and oxygen atoms in total. The van der Waals surface area contributed by atoms with Gasteiger partial charge in [0.05, 0.1) is 26.7 Å². The number of carbonyl (C=O) groups excluding carboxylic acids is 2. The number of ether oxygens (including phenoxy) is 3. The lowest BCUT2D eigenvalue weighted by molar-refractivity contribution is -0.143. The van der Waals surface area contributed by atoms with E-state index < -0.39 is 0 Å². The maximum atomic E-state index is 10.8. The highest BCUT2D eigenvalue weighted by atomic mass is 16.5. The Morgan fingerprint density at radius 2 is 1.22 bits per heavy atom. The zero-order valence-corrected chi connectivity index (χ0v) is 22.2. The molecule has 32 heavy (non-hydrogen) atoms. The highest BCUT2D eigenvalue weighted by Crippen LogP contribution is 2.16. The minimum Gasteiger partial charge on any atom is -0.469 e. The molecule has 1 unspecified atom stereocenters. The van der Waals surface area contributed by atoms with Crippen molar-refractivity contribution in [3.63, 3.8) is 0 Å². The molecular weight excluding hydrogens is 406 g/mol. The fourth-order valence-electron chi connectivity index (χ4n) is 2.36. The lowest BCUT2D eigenvalue weighted by atomic mass is 9.95. The Balaban J connectivity index is 0. The normalized spacial score (nSPS) is 14.2. The molecule has 0 heterocycles. The minimum absolute atomic E-state index is 0.106. The van der Waals surface area contributed by atoms with Gasteiger partial charge in [0, 0.05) is 19.6 Å². The van der Waals surface area contributed by atoms with Gasteiger partial charge in [-0.3, -0.25) is 9.59 Å². The number of nitrogens with zero attached hydrogens (tertiary/aromatic N) is 1. The van der Waals surface area contributed by atoms with Crippen LogP contribution in [0.5, 0.6) is 0 Å². The Hall–Kier alpha value is -1.92. The van der Waals surface area contributed by atoms with Gasteiger partial charge >= 0.3 is 11.9 Å². The number of hydrogen-bond acceptors (Lipinski definition) is 6. The van der Waals surface area contributed by atoms with E-state index in [1.54, 1.807) is 7.11 Å². The fraction of sp³-hybridized carbons (Fsp3) is 0.692. The van der Waals surface area contributed by atoms with Gasteiger partial charge in [0.1, 0.15) is 0 Å². The van der Waals surface area contributed by atoms with Gasteiger partial charge in [-0.05, 0) is 51.3 Å². The van der Waals surface area contributed by atoms with E-state index in [1.165, 1.54) is 19.8 Å². The molecule has 0 aliphatic carbocycles. The first kappa shape index (κ1) is 32.3. The van der Waals surface area contributed by atoms with Crippen LogP contribution in [0.1, 0.15) is 66.0 Å². The number of rotatable bonds is 9. The van der Waals surface area contributed by atoms with Crippen molar-refractivity contribution in [2.75, 3.05) is 35.4 Å². The lowest BCUT2D eigenvalue weighted by Crippen LogP contribution is -2.20. The van der Waals surface area contributed by atoms with Crippen LogP contribution in [0, 0.1) is 17.8 Å². The molecule has 4 atom stereocenters. The third-order valence-electron chi connectivity index (χ3n) is 5.80. The summed E-state index contributed by atoms with van der Waals surface area (Å²) in [6.07, 6.45) is 1.06. The van der Waals surface area contributed by atoms with Gasteiger partial charge in [-0.15, -0.1) is 0 Å². The van der Waals surface area contributed by atoms with Crippen LogP contribution in [0.2, 0.25) is 0 Å². The molecule has 0 N–H and O–H groups in total. The summed E-state index contributed by atoms with van der Waals surface area (Å²) >= 11 is 0. The van der Waals surface area contributed by atoms with Gasteiger partial charge in [0.2, 0.25) is 0 Å². The molecule has 0 spiro atoms. The van der Waals surface area contributed by atoms with Crippen LogP contribution >= 0.6 is 0 Å². The summed E-state index contributed by atoms with van der Waals surface area (Å²) in [7, 11) is 8.65. The molecule has 1 aromatic rings. The van der Waals surface area contributed by atoms with E-state index in [0.717, 1.165) is 0 Å². The highest BCUT2D eigenvalue weighted by Gasteiger charge is 2.15. The van der Waals surface area contributed by atoms with Crippen molar-refractivity contribution in [1.29, 1.82) is 0 Å². The smallest absolute Gasteiger partial charge is 0.305 e. The van der Waals surface area contributed by atoms with Crippen molar-refractivity contribution in [2.45, 2.75) is 66.5 Å². The van der Waals surface area contributed by atoms with E-state index in [4.69, 9.17) is 4.74 Å². The molecule has 0 saturated carbocycles. The van der Waals surface area contributed by atoms with Crippen molar-refractivity contribution in [3.05, 3.63) is 35.9 Å². The lowest BCUT2D eigenvalue weighted by Gasteiger charge is -2.19. The second-order valence-corrected chi connectivity index (χ2v) is 8.75. The van der Waals surface area contributed by atoms with Crippen LogP contribution in [0.4, 0.5) is 0 Å². The van der Waals surface area contributed by atoms with E-state index in [2.05, 4.69) is 80.4 Å². The average molecular weight is 454 g/mol. The zero-order chi connectivity index (χ0) is 25.3. The summed E-state index contributed by atoms with van der Waals surface area (Å²) in [5, 5.41) is 0. The first-order chi connectivity index (χ1) is 14.9. The molecule has 0 aliphatic heterocycles. The minimum atomic E-state index is -0.179. The van der Waals surface area contributed by atoms with Gasteiger partial charge in [0.25, 0.3) is 0 Å². The van der Waals surface area contributed by atoms with Crippen LogP contribution in [-0.2, 0) is 23.8 Å². The van der Waals surface area contributed by atoms with Crippen LogP contribution in [0.25, 0.3) is 0 Å². The Morgan fingerprint density at radius 1 is 0.781 bits per heavy atom. The van der Waals surface area contributed by atoms with Gasteiger partial charge in [-0.1, -0.05) is 58.0 Å². The Morgan fingerprint density at radius 3 is 1.56 bits per heavy atom. The van der Waals surface area contributed by atoms with Gasteiger partial charge in [0.15, 0.2) is 0 Å². The predicted molar refractivity (Wildman–Crippen MR) is 131 cm³/mol. The third kappa shape index (κ3) is 15.8. The maximum Gasteiger partial charge on any atom is 0.305 e. The molecule has 1 aromatic carbocycles. The number of carbonyl (C=O) groups is 2.